The van der Waals surface area contributed by atoms with Crippen LogP contribution in [0.25, 0.3) is 0 Å². The number of aliphatic hydroxyl groups excluding tert-OH is 1. The Hall–Kier alpha value is -3.39. The Kier molecular flexibility index (Phi) is 4.83. The molecular formula is C19H17NO7. The molecule has 0 aliphatic carbocycles. The molecule has 8 nitrogen and oxygen atoms in total. The fourth-order valence-corrected chi connectivity index (χ4v) is 2.63. The fourth-order valence-electron chi connectivity index (χ4n) is 2.63. The maximum atomic E-state index is 12.7. The number of nitrogens with zero attached hydrogens (tertiary/aromatic N) is 1. The highest BCUT2D eigenvalue weighted by Crippen LogP contribution is 2.34. The van der Waals surface area contributed by atoms with Crippen LogP contribution in [0.5, 0.6) is 11.5 Å². The molecule has 27 heavy (non-hydrogen) atoms. The number of aromatic hydroxyl groups is 2. The van der Waals surface area contributed by atoms with Crippen LogP contribution in [0.1, 0.15) is 44.4 Å². The molecule has 3 rings (SSSR count). The van der Waals surface area contributed by atoms with Crippen LogP contribution in [0.3, 0.4) is 0 Å². The summed E-state index contributed by atoms with van der Waals surface area (Å²) in [6.07, 6.45) is -0.344. The van der Waals surface area contributed by atoms with Crippen molar-refractivity contribution in [3.63, 3.8) is 0 Å². The number of anilines is 1. The molecule has 1 heterocycles. The number of phenolic OH excluding ortho intramolecular Hbond substituents is 2. The molecule has 8 heteroatoms. The topological polar surface area (TPSA) is 124 Å². The molecule has 0 fully saturated rings. The molecular weight excluding hydrogens is 354 g/mol. The first-order chi connectivity index (χ1) is 12.8. The van der Waals surface area contributed by atoms with Crippen molar-refractivity contribution in [2.24, 2.45) is 0 Å². The SMILES string of the molecule is CCC(O)COC(=O)c1ccc2c(c1)C(=O)N(c1ccc(O)c(O)c1)C2=O. The van der Waals surface area contributed by atoms with Gasteiger partial charge < -0.3 is 20.1 Å². The first-order valence-corrected chi connectivity index (χ1v) is 8.23. The van der Waals surface area contributed by atoms with E-state index in [1.165, 1.54) is 24.3 Å². The first kappa shape index (κ1) is 18.4. The Bertz CT molecular complexity index is 938. The van der Waals surface area contributed by atoms with Gasteiger partial charge in [-0.1, -0.05) is 6.92 Å². The minimum absolute atomic E-state index is 0.0260. The number of benzene rings is 2. The molecule has 1 unspecified atom stereocenters. The number of carbonyl (C=O) groups is 3. The highest BCUT2D eigenvalue weighted by Gasteiger charge is 2.37. The lowest BCUT2D eigenvalue weighted by Gasteiger charge is -2.14. The lowest BCUT2D eigenvalue weighted by molar-refractivity contribution is 0.0250. The van der Waals surface area contributed by atoms with Gasteiger partial charge in [-0.15, -0.1) is 0 Å². The van der Waals surface area contributed by atoms with Gasteiger partial charge in [0.2, 0.25) is 0 Å². The number of imide groups is 1. The van der Waals surface area contributed by atoms with E-state index in [-0.39, 0.29) is 34.7 Å². The Morgan fingerprint density at radius 3 is 2.41 bits per heavy atom. The molecule has 1 atom stereocenters. The Morgan fingerprint density at radius 1 is 1.04 bits per heavy atom. The summed E-state index contributed by atoms with van der Waals surface area (Å²) in [5, 5.41) is 28.5. The number of hydrogen-bond donors (Lipinski definition) is 3. The van der Waals surface area contributed by atoms with Crippen molar-refractivity contribution in [2.75, 3.05) is 11.5 Å². The van der Waals surface area contributed by atoms with Crippen molar-refractivity contribution >= 4 is 23.5 Å². The van der Waals surface area contributed by atoms with Crippen LogP contribution in [0.4, 0.5) is 5.69 Å². The summed E-state index contributed by atoms with van der Waals surface area (Å²) in [6, 6.07) is 7.55. The highest BCUT2D eigenvalue weighted by molar-refractivity contribution is 6.34. The molecule has 2 amide bonds. The predicted octanol–water partition coefficient (Wildman–Crippen LogP) is 1.83. The summed E-state index contributed by atoms with van der Waals surface area (Å²) in [7, 11) is 0. The van der Waals surface area contributed by atoms with E-state index in [0.29, 0.717) is 6.42 Å². The van der Waals surface area contributed by atoms with Crippen molar-refractivity contribution in [3.05, 3.63) is 53.1 Å². The molecule has 1 aliphatic rings. The van der Waals surface area contributed by atoms with Crippen molar-refractivity contribution in [1.29, 1.82) is 0 Å². The zero-order chi connectivity index (χ0) is 19.7. The van der Waals surface area contributed by atoms with Gasteiger partial charge in [0.1, 0.15) is 6.61 Å². The summed E-state index contributed by atoms with van der Waals surface area (Å²) in [6.45, 7) is 1.58. The molecule has 2 aromatic carbocycles. The molecule has 1 aliphatic heterocycles. The summed E-state index contributed by atoms with van der Waals surface area (Å²) < 4.78 is 4.98. The molecule has 2 aromatic rings. The van der Waals surface area contributed by atoms with Crippen LogP contribution >= 0.6 is 0 Å². The van der Waals surface area contributed by atoms with Crippen LogP contribution in [-0.2, 0) is 4.74 Å². The Balaban J connectivity index is 1.88. The zero-order valence-electron chi connectivity index (χ0n) is 14.4. The van der Waals surface area contributed by atoms with Gasteiger partial charge in [-0.25, -0.2) is 9.69 Å². The van der Waals surface area contributed by atoms with Gasteiger partial charge in [-0.3, -0.25) is 9.59 Å². The molecule has 0 bridgehead atoms. The fraction of sp³-hybridized carbons (Fsp3) is 0.211. The summed E-state index contributed by atoms with van der Waals surface area (Å²) >= 11 is 0. The van der Waals surface area contributed by atoms with Gasteiger partial charge >= 0.3 is 5.97 Å². The van der Waals surface area contributed by atoms with E-state index < -0.39 is 29.6 Å². The normalized spacial score (nSPS) is 14.2. The van der Waals surface area contributed by atoms with E-state index in [9.17, 15) is 29.7 Å². The first-order valence-electron chi connectivity index (χ1n) is 8.23. The van der Waals surface area contributed by atoms with E-state index in [1.54, 1.807) is 6.92 Å². The second-order valence-electron chi connectivity index (χ2n) is 6.04. The van der Waals surface area contributed by atoms with Crippen molar-refractivity contribution in [3.8, 4) is 11.5 Å². The van der Waals surface area contributed by atoms with E-state index >= 15 is 0 Å². The number of phenols is 2. The van der Waals surface area contributed by atoms with Gasteiger partial charge in [0.15, 0.2) is 11.5 Å². The third-order valence-corrected chi connectivity index (χ3v) is 4.22. The number of amides is 2. The monoisotopic (exact) mass is 371 g/mol. The molecule has 0 aromatic heterocycles. The standard InChI is InChI=1S/C19H17NO7/c1-2-12(21)9-27-19(26)10-3-5-13-14(7-10)18(25)20(17(13)24)11-4-6-15(22)16(23)8-11/h3-8,12,21-23H,2,9H2,1H3. The van der Waals surface area contributed by atoms with Crippen molar-refractivity contribution in [2.45, 2.75) is 19.4 Å². The average molecular weight is 371 g/mol. The van der Waals surface area contributed by atoms with Crippen molar-refractivity contribution < 1.29 is 34.4 Å². The molecule has 140 valence electrons. The minimum atomic E-state index is -0.774. The largest absolute Gasteiger partial charge is 0.504 e. The molecule has 0 radical (unpaired) electrons. The second-order valence-corrected chi connectivity index (χ2v) is 6.04. The van der Waals surface area contributed by atoms with Crippen molar-refractivity contribution in [1.82, 2.24) is 0 Å². The van der Waals surface area contributed by atoms with Crippen LogP contribution in [0.15, 0.2) is 36.4 Å². The van der Waals surface area contributed by atoms with E-state index in [2.05, 4.69) is 0 Å². The van der Waals surface area contributed by atoms with E-state index in [0.717, 1.165) is 17.0 Å². The predicted molar refractivity (Wildman–Crippen MR) is 93.9 cm³/mol. The Labute approximate surface area is 154 Å². The lowest BCUT2D eigenvalue weighted by Crippen LogP contribution is -2.29. The van der Waals surface area contributed by atoms with Crippen LogP contribution in [0.2, 0.25) is 0 Å². The summed E-state index contributed by atoms with van der Waals surface area (Å²) in [4.78, 5) is 38.1. The van der Waals surface area contributed by atoms with Gasteiger partial charge in [0.05, 0.1) is 28.5 Å². The maximum absolute atomic E-state index is 12.7. The van der Waals surface area contributed by atoms with Crippen LogP contribution < -0.4 is 4.90 Å². The number of hydrogen-bond acceptors (Lipinski definition) is 7. The zero-order valence-corrected chi connectivity index (χ0v) is 14.4. The maximum Gasteiger partial charge on any atom is 0.338 e. The quantitative estimate of drug-likeness (QED) is 0.416. The van der Waals surface area contributed by atoms with Gasteiger partial charge in [-0.2, -0.15) is 0 Å². The van der Waals surface area contributed by atoms with Crippen LogP contribution in [-0.4, -0.2) is 45.8 Å². The molecule has 0 saturated heterocycles. The molecule has 0 spiro atoms. The molecule has 3 N–H and O–H groups in total. The number of fused-ring (bicyclic) bond motifs is 1. The number of carbonyl (C=O) groups excluding carboxylic acids is 3. The Morgan fingerprint density at radius 2 is 1.74 bits per heavy atom. The number of esters is 1. The van der Waals surface area contributed by atoms with Gasteiger partial charge in [-0.05, 0) is 36.8 Å². The van der Waals surface area contributed by atoms with Gasteiger partial charge in [0.25, 0.3) is 11.8 Å². The number of ether oxygens (including phenoxy) is 1. The highest BCUT2D eigenvalue weighted by atomic mass is 16.5. The second kappa shape index (κ2) is 7.08. The number of rotatable bonds is 5. The van der Waals surface area contributed by atoms with E-state index in [1.807, 2.05) is 0 Å². The smallest absolute Gasteiger partial charge is 0.338 e. The molecule has 0 saturated carbocycles. The lowest BCUT2D eigenvalue weighted by atomic mass is 10.1. The van der Waals surface area contributed by atoms with Gasteiger partial charge in [0, 0.05) is 6.07 Å². The third-order valence-electron chi connectivity index (χ3n) is 4.22. The minimum Gasteiger partial charge on any atom is -0.504 e. The van der Waals surface area contributed by atoms with Crippen LogP contribution in [0, 0.1) is 0 Å². The average Bonchev–Trinajstić information content (AvgIpc) is 2.92. The van der Waals surface area contributed by atoms with E-state index in [4.69, 9.17) is 4.74 Å². The summed E-state index contributed by atoms with van der Waals surface area (Å²) in [5.74, 6) is -2.84. The summed E-state index contributed by atoms with van der Waals surface area (Å²) in [5.41, 5.74) is 0.302. The number of aliphatic hydroxyl groups is 1. The third kappa shape index (κ3) is 3.34.